The number of benzene rings is 2. The van der Waals surface area contributed by atoms with Gasteiger partial charge in [0.2, 0.25) is 11.2 Å². The molecule has 1 aromatic heterocycles. The van der Waals surface area contributed by atoms with Gasteiger partial charge in [-0.25, -0.2) is 0 Å². The van der Waals surface area contributed by atoms with Crippen LogP contribution in [0.2, 0.25) is 5.02 Å². The molecule has 0 bridgehead atoms. The summed E-state index contributed by atoms with van der Waals surface area (Å²) in [5.74, 6) is 0.00516. The Bertz CT molecular complexity index is 1160. The molecular formula is C23H22ClNO5. The second-order valence-electron chi connectivity index (χ2n) is 7.31. The highest BCUT2D eigenvalue weighted by molar-refractivity contribution is 6.33. The first kappa shape index (κ1) is 20.4. The summed E-state index contributed by atoms with van der Waals surface area (Å²) in [6.07, 6.45) is 0. The lowest BCUT2D eigenvalue weighted by Gasteiger charge is -2.26. The molecule has 0 saturated carbocycles. The van der Waals surface area contributed by atoms with E-state index in [1.807, 2.05) is 26.0 Å². The largest absolute Gasteiger partial charge is 0.476 e. The van der Waals surface area contributed by atoms with Gasteiger partial charge in [0, 0.05) is 18.7 Å². The number of ether oxygens (including phenoxy) is 2. The van der Waals surface area contributed by atoms with E-state index in [9.17, 15) is 9.59 Å². The second kappa shape index (κ2) is 8.50. The maximum atomic E-state index is 13.4. The molecule has 1 saturated heterocycles. The highest BCUT2D eigenvalue weighted by Crippen LogP contribution is 2.36. The zero-order valence-corrected chi connectivity index (χ0v) is 17.6. The molecular weight excluding hydrogens is 406 g/mol. The Morgan fingerprint density at radius 2 is 1.90 bits per heavy atom. The molecule has 2 heterocycles. The third kappa shape index (κ3) is 3.93. The van der Waals surface area contributed by atoms with Gasteiger partial charge in [-0.05, 0) is 43.2 Å². The lowest BCUT2D eigenvalue weighted by Crippen LogP contribution is -2.43. The maximum absolute atomic E-state index is 13.4. The van der Waals surface area contributed by atoms with Crippen molar-refractivity contribution in [3.05, 3.63) is 62.8 Å². The van der Waals surface area contributed by atoms with Gasteiger partial charge in [0.1, 0.15) is 5.58 Å². The van der Waals surface area contributed by atoms with Crippen molar-refractivity contribution in [2.75, 3.05) is 32.9 Å². The van der Waals surface area contributed by atoms with E-state index >= 15 is 0 Å². The molecule has 0 aliphatic carbocycles. The van der Waals surface area contributed by atoms with Gasteiger partial charge in [-0.3, -0.25) is 9.59 Å². The van der Waals surface area contributed by atoms with Crippen LogP contribution in [0.3, 0.4) is 0 Å². The molecule has 0 atom stereocenters. The maximum Gasteiger partial charge on any atom is 0.260 e. The molecule has 30 heavy (non-hydrogen) atoms. The SMILES string of the molecule is Cc1cc(C)c2c(=O)c(OCC(=O)N3CCOCC3)c(-c3ccccc3Cl)oc2c1. The number of fused-ring (bicyclic) bond motifs is 1. The van der Waals surface area contributed by atoms with Gasteiger partial charge >= 0.3 is 0 Å². The molecule has 3 aromatic rings. The number of amides is 1. The molecule has 1 fully saturated rings. The van der Waals surface area contributed by atoms with Crippen LogP contribution in [0, 0.1) is 13.8 Å². The predicted octanol–water partition coefficient (Wildman–Crippen LogP) is 3.97. The molecule has 4 rings (SSSR count). The predicted molar refractivity (Wildman–Crippen MR) is 115 cm³/mol. The second-order valence-corrected chi connectivity index (χ2v) is 7.71. The Morgan fingerprint density at radius 3 is 2.63 bits per heavy atom. The summed E-state index contributed by atoms with van der Waals surface area (Å²) in [4.78, 5) is 27.6. The summed E-state index contributed by atoms with van der Waals surface area (Å²) in [5, 5.41) is 0.860. The summed E-state index contributed by atoms with van der Waals surface area (Å²) in [7, 11) is 0. The number of rotatable bonds is 4. The van der Waals surface area contributed by atoms with Gasteiger partial charge in [-0.1, -0.05) is 29.8 Å². The molecule has 6 nitrogen and oxygen atoms in total. The topological polar surface area (TPSA) is 69.0 Å². The van der Waals surface area contributed by atoms with Gasteiger partial charge in [0.25, 0.3) is 5.91 Å². The van der Waals surface area contributed by atoms with E-state index in [1.165, 1.54) is 0 Å². The van der Waals surface area contributed by atoms with Gasteiger partial charge in [-0.15, -0.1) is 0 Å². The normalized spacial score (nSPS) is 14.2. The van der Waals surface area contributed by atoms with Crippen LogP contribution in [0.25, 0.3) is 22.3 Å². The fourth-order valence-corrected chi connectivity index (χ4v) is 3.89. The van der Waals surface area contributed by atoms with Gasteiger partial charge in [-0.2, -0.15) is 0 Å². The number of carbonyl (C=O) groups is 1. The Kier molecular flexibility index (Phi) is 5.79. The Balaban J connectivity index is 1.80. The molecule has 2 aromatic carbocycles. The van der Waals surface area contributed by atoms with Crippen molar-refractivity contribution in [1.29, 1.82) is 0 Å². The lowest BCUT2D eigenvalue weighted by atomic mass is 10.0. The average Bonchev–Trinajstić information content (AvgIpc) is 2.73. The molecule has 0 radical (unpaired) electrons. The molecule has 7 heteroatoms. The number of hydrogen-bond donors (Lipinski definition) is 0. The van der Waals surface area contributed by atoms with E-state index in [1.54, 1.807) is 29.2 Å². The van der Waals surface area contributed by atoms with Crippen LogP contribution in [0.15, 0.2) is 45.6 Å². The highest BCUT2D eigenvalue weighted by Gasteiger charge is 2.23. The minimum atomic E-state index is -0.321. The number of nitrogens with zero attached hydrogens (tertiary/aromatic N) is 1. The van der Waals surface area contributed by atoms with Crippen LogP contribution < -0.4 is 10.2 Å². The standard InChI is InChI=1S/C23H22ClNO5/c1-14-11-15(2)20-18(12-14)30-22(16-5-3-4-6-17(16)24)23(21(20)27)29-13-19(26)25-7-9-28-10-8-25/h3-6,11-12H,7-10,13H2,1-2H3. The number of halogens is 1. The summed E-state index contributed by atoms with van der Waals surface area (Å²) in [6, 6.07) is 10.8. The fourth-order valence-electron chi connectivity index (χ4n) is 3.66. The molecule has 156 valence electrons. The van der Waals surface area contributed by atoms with Gasteiger partial charge in [0.05, 0.1) is 23.6 Å². The smallest absolute Gasteiger partial charge is 0.260 e. The fraction of sp³-hybridized carbons (Fsp3) is 0.304. The zero-order valence-electron chi connectivity index (χ0n) is 16.9. The minimum absolute atomic E-state index is 0.0100. The third-order valence-electron chi connectivity index (χ3n) is 5.12. The van der Waals surface area contributed by atoms with Crippen molar-refractivity contribution in [3.8, 4) is 17.1 Å². The van der Waals surface area contributed by atoms with Crippen molar-refractivity contribution in [1.82, 2.24) is 4.90 Å². The Hall–Kier alpha value is -2.83. The molecule has 0 spiro atoms. The minimum Gasteiger partial charge on any atom is -0.476 e. The first-order valence-electron chi connectivity index (χ1n) is 9.77. The molecule has 0 unspecified atom stereocenters. The number of morpholine rings is 1. The van der Waals surface area contributed by atoms with Crippen molar-refractivity contribution in [3.63, 3.8) is 0 Å². The molecule has 1 aliphatic heterocycles. The Morgan fingerprint density at radius 1 is 1.17 bits per heavy atom. The van der Waals surface area contributed by atoms with E-state index in [0.29, 0.717) is 47.9 Å². The van der Waals surface area contributed by atoms with E-state index < -0.39 is 0 Å². The van der Waals surface area contributed by atoms with Crippen molar-refractivity contribution < 1.29 is 18.7 Å². The first-order chi connectivity index (χ1) is 14.5. The lowest BCUT2D eigenvalue weighted by molar-refractivity contribution is -0.137. The van der Waals surface area contributed by atoms with E-state index in [0.717, 1.165) is 11.1 Å². The van der Waals surface area contributed by atoms with Crippen LogP contribution >= 0.6 is 11.6 Å². The monoisotopic (exact) mass is 427 g/mol. The summed E-state index contributed by atoms with van der Waals surface area (Å²) >= 11 is 6.37. The number of carbonyl (C=O) groups excluding carboxylic acids is 1. The van der Waals surface area contributed by atoms with Crippen LogP contribution in [0.5, 0.6) is 5.75 Å². The molecule has 1 amide bonds. The molecule has 0 N–H and O–H groups in total. The van der Waals surface area contributed by atoms with E-state index in [2.05, 4.69) is 0 Å². The third-order valence-corrected chi connectivity index (χ3v) is 5.45. The van der Waals surface area contributed by atoms with Crippen LogP contribution in [0.1, 0.15) is 11.1 Å². The van der Waals surface area contributed by atoms with Gasteiger partial charge in [0.15, 0.2) is 12.4 Å². The van der Waals surface area contributed by atoms with Crippen LogP contribution in [-0.4, -0.2) is 43.7 Å². The van der Waals surface area contributed by atoms with Gasteiger partial charge < -0.3 is 18.8 Å². The number of hydrogen-bond acceptors (Lipinski definition) is 5. The molecule has 1 aliphatic rings. The average molecular weight is 428 g/mol. The van der Waals surface area contributed by atoms with E-state index in [4.69, 9.17) is 25.5 Å². The van der Waals surface area contributed by atoms with E-state index in [-0.39, 0.29) is 29.5 Å². The summed E-state index contributed by atoms with van der Waals surface area (Å²) in [6.45, 7) is 5.52. The highest BCUT2D eigenvalue weighted by atomic mass is 35.5. The van der Waals surface area contributed by atoms with Crippen molar-refractivity contribution in [2.45, 2.75) is 13.8 Å². The van der Waals surface area contributed by atoms with Crippen molar-refractivity contribution in [2.24, 2.45) is 0 Å². The van der Waals surface area contributed by atoms with Crippen LogP contribution in [0.4, 0.5) is 0 Å². The first-order valence-corrected chi connectivity index (χ1v) is 10.1. The summed E-state index contributed by atoms with van der Waals surface area (Å²) < 4.78 is 17.2. The Labute approximate surface area is 179 Å². The van der Waals surface area contributed by atoms with Crippen molar-refractivity contribution >= 4 is 28.5 Å². The quantitative estimate of drug-likeness (QED) is 0.630. The zero-order chi connectivity index (χ0) is 21.3. The summed E-state index contributed by atoms with van der Waals surface area (Å²) in [5.41, 5.74) is 2.43. The number of aryl methyl sites for hydroxylation is 2. The van der Waals surface area contributed by atoms with Crippen LogP contribution in [-0.2, 0) is 9.53 Å².